The Morgan fingerprint density at radius 1 is 1.20 bits per heavy atom. The van der Waals surface area contributed by atoms with Crippen molar-refractivity contribution >= 4 is 11.3 Å². The van der Waals surface area contributed by atoms with Crippen molar-refractivity contribution in [1.82, 2.24) is 15.5 Å². The third-order valence-electron chi connectivity index (χ3n) is 2.23. The fourth-order valence-electron chi connectivity index (χ4n) is 1.37. The van der Waals surface area contributed by atoms with Crippen molar-refractivity contribution in [2.75, 3.05) is 33.4 Å². The number of methoxy groups -OCH3 is 1. The van der Waals surface area contributed by atoms with E-state index in [0.29, 0.717) is 11.6 Å². The molecule has 0 radical (unpaired) electrons. The molecule has 20 heavy (non-hydrogen) atoms. The maximum Gasteiger partial charge on any atom is 0.411 e. The molecule has 0 saturated carbocycles. The molecule has 1 aromatic rings. The van der Waals surface area contributed by atoms with Gasteiger partial charge >= 0.3 is 6.18 Å². The Bertz CT molecular complexity index is 374. The zero-order valence-corrected chi connectivity index (χ0v) is 12.0. The Kier molecular flexibility index (Phi) is 7.97. The molecule has 1 heterocycles. The minimum Gasteiger partial charge on any atom is -0.383 e. The van der Waals surface area contributed by atoms with E-state index in [2.05, 4.69) is 20.3 Å². The second-order valence-electron chi connectivity index (χ2n) is 4.04. The van der Waals surface area contributed by atoms with E-state index in [1.165, 1.54) is 11.3 Å². The molecule has 0 saturated heterocycles. The number of hydrogen-bond acceptors (Lipinski definition) is 6. The van der Waals surface area contributed by atoms with Crippen LogP contribution >= 0.6 is 11.3 Å². The van der Waals surface area contributed by atoms with Crippen molar-refractivity contribution in [2.45, 2.75) is 25.6 Å². The molecule has 0 aliphatic rings. The number of alkyl halides is 3. The van der Waals surface area contributed by atoms with Gasteiger partial charge in [0, 0.05) is 20.1 Å². The van der Waals surface area contributed by atoms with Gasteiger partial charge in [0.1, 0.15) is 23.2 Å². The van der Waals surface area contributed by atoms with Crippen LogP contribution in [0.15, 0.2) is 0 Å². The average Bonchev–Trinajstić information content (AvgIpc) is 2.80. The Labute approximate surface area is 119 Å². The van der Waals surface area contributed by atoms with Crippen molar-refractivity contribution in [3.63, 3.8) is 0 Å². The maximum absolute atomic E-state index is 11.9. The summed E-state index contributed by atoms with van der Waals surface area (Å²) in [7, 11) is 1.64. The molecule has 0 aromatic carbocycles. The lowest BCUT2D eigenvalue weighted by Crippen LogP contribution is -2.20. The largest absolute Gasteiger partial charge is 0.411 e. The van der Waals surface area contributed by atoms with Crippen LogP contribution in [0.25, 0.3) is 0 Å². The SMILES string of the molecule is COCCNCCCc1nnc(COCC(F)(F)F)s1. The number of aromatic nitrogens is 2. The fraction of sp³-hybridized carbons (Fsp3) is 0.818. The average molecular weight is 313 g/mol. The van der Waals surface area contributed by atoms with E-state index in [1.54, 1.807) is 7.11 Å². The summed E-state index contributed by atoms with van der Waals surface area (Å²) in [6.07, 6.45) is -2.67. The van der Waals surface area contributed by atoms with Gasteiger partial charge in [0.25, 0.3) is 0 Å². The Hall–Kier alpha value is -0.770. The van der Waals surface area contributed by atoms with Crippen molar-refractivity contribution in [3.8, 4) is 0 Å². The van der Waals surface area contributed by atoms with Crippen molar-refractivity contribution in [3.05, 3.63) is 10.0 Å². The van der Waals surface area contributed by atoms with Crippen molar-refractivity contribution < 1.29 is 22.6 Å². The summed E-state index contributed by atoms with van der Waals surface area (Å²) in [6, 6.07) is 0. The molecule has 1 N–H and O–H groups in total. The Balaban J connectivity index is 2.13. The highest BCUT2D eigenvalue weighted by Crippen LogP contribution is 2.17. The van der Waals surface area contributed by atoms with Gasteiger partial charge in [0.15, 0.2) is 0 Å². The van der Waals surface area contributed by atoms with Gasteiger partial charge in [-0.05, 0) is 13.0 Å². The summed E-state index contributed by atoms with van der Waals surface area (Å²) >= 11 is 1.28. The topological polar surface area (TPSA) is 56.3 Å². The molecule has 0 aliphatic heterocycles. The van der Waals surface area contributed by atoms with Crippen LogP contribution in [0.2, 0.25) is 0 Å². The minimum atomic E-state index is -4.30. The number of halogens is 3. The van der Waals surface area contributed by atoms with Gasteiger partial charge in [-0.1, -0.05) is 11.3 Å². The fourth-order valence-corrected chi connectivity index (χ4v) is 2.19. The van der Waals surface area contributed by atoms with E-state index in [1.807, 2.05) is 0 Å². The summed E-state index contributed by atoms with van der Waals surface area (Å²) in [5, 5.41) is 12.2. The van der Waals surface area contributed by atoms with E-state index in [0.717, 1.165) is 30.9 Å². The summed E-state index contributed by atoms with van der Waals surface area (Å²) < 4.78 is 45.1. The number of ether oxygens (including phenoxy) is 2. The van der Waals surface area contributed by atoms with Gasteiger partial charge in [-0.2, -0.15) is 13.2 Å². The van der Waals surface area contributed by atoms with Crippen LogP contribution in [-0.2, 0) is 22.5 Å². The highest BCUT2D eigenvalue weighted by atomic mass is 32.1. The third-order valence-corrected chi connectivity index (χ3v) is 3.18. The maximum atomic E-state index is 11.9. The first-order valence-corrected chi connectivity index (χ1v) is 6.98. The van der Waals surface area contributed by atoms with Gasteiger partial charge < -0.3 is 14.8 Å². The lowest BCUT2D eigenvalue weighted by Gasteiger charge is -2.05. The minimum absolute atomic E-state index is 0.150. The molecule has 0 amide bonds. The van der Waals surface area contributed by atoms with Crippen LogP contribution in [0.3, 0.4) is 0 Å². The molecule has 116 valence electrons. The molecule has 1 aromatic heterocycles. The van der Waals surface area contributed by atoms with Gasteiger partial charge in [-0.15, -0.1) is 10.2 Å². The number of hydrogen-bond donors (Lipinski definition) is 1. The van der Waals surface area contributed by atoms with E-state index in [-0.39, 0.29) is 6.61 Å². The lowest BCUT2D eigenvalue weighted by atomic mass is 10.3. The molecule has 0 fully saturated rings. The third kappa shape index (κ3) is 8.41. The molecule has 0 atom stereocenters. The van der Waals surface area contributed by atoms with Crippen molar-refractivity contribution in [1.29, 1.82) is 0 Å². The first-order chi connectivity index (χ1) is 9.51. The van der Waals surface area contributed by atoms with Gasteiger partial charge in [0.05, 0.1) is 6.61 Å². The summed E-state index contributed by atoms with van der Waals surface area (Å²) in [5.41, 5.74) is 0. The second-order valence-corrected chi connectivity index (χ2v) is 5.19. The molecular weight excluding hydrogens is 295 g/mol. The summed E-state index contributed by atoms with van der Waals surface area (Å²) in [4.78, 5) is 0. The van der Waals surface area contributed by atoms with E-state index in [9.17, 15) is 13.2 Å². The number of nitrogens with one attached hydrogen (secondary N) is 1. The standard InChI is InChI=1S/C11H18F3N3O2S/c1-18-6-5-15-4-2-3-9-16-17-10(20-9)7-19-8-11(12,13)14/h15H,2-8H2,1H3. The van der Waals surface area contributed by atoms with E-state index in [4.69, 9.17) is 4.74 Å². The smallest absolute Gasteiger partial charge is 0.383 e. The van der Waals surface area contributed by atoms with Gasteiger partial charge in [-0.25, -0.2) is 0 Å². The molecule has 0 aliphatic carbocycles. The van der Waals surface area contributed by atoms with Crippen LogP contribution in [0.1, 0.15) is 16.4 Å². The zero-order chi connectivity index (χ0) is 14.8. The van der Waals surface area contributed by atoms with Gasteiger partial charge in [0.2, 0.25) is 0 Å². The first-order valence-electron chi connectivity index (χ1n) is 6.16. The Morgan fingerprint density at radius 3 is 2.65 bits per heavy atom. The summed E-state index contributed by atoms with van der Waals surface area (Å²) in [6.45, 7) is 0.889. The highest BCUT2D eigenvalue weighted by molar-refractivity contribution is 7.11. The van der Waals surface area contributed by atoms with Crippen LogP contribution in [0.5, 0.6) is 0 Å². The number of nitrogens with zero attached hydrogens (tertiary/aromatic N) is 2. The van der Waals surface area contributed by atoms with E-state index < -0.39 is 12.8 Å². The molecule has 9 heteroatoms. The molecular formula is C11H18F3N3O2S. The summed E-state index contributed by atoms with van der Waals surface area (Å²) in [5.74, 6) is 0. The quantitative estimate of drug-likeness (QED) is 0.667. The first kappa shape index (κ1) is 17.3. The van der Waals surface area contributed by atoms with Crippen LogP contribution in [0.4, 0.5) is 13.2 Å². The number of aryl methyl sites for hydroxylation is 1. The Morgan fingerprint density at radius 2 is 1.95 bits per heavy atom. The number of rotatable bonds is 10. The van der Waals surface area contributed by atoms with E-state index >= 15 is 0 Å². The highest BCUT2D eigenvalue weighted by Gasteiger charge is 2.27. The molecule has 0 unspecified atom stereocenters. The van der Waals surface area contributed by atoms with Crippen LogP contribution in [-0.4, -0.2) is 49.8 Å². The van der Waals surface area contributed by atoms with Crippen molar-refractivity contribution in [2.24, 2.45) is 0 Å². The lowest BCUT2D eigenvalue weighted by molar-refractivity contribution is -0.176. The monoisotopic (exact) mass is 313 g/mol. The van der Waals surface area contributed by atoms with Crippen LogP contribution < -0.4 is 5.32 Å². The normalized spacial score (nSPS) is 12.0. The molecule has 0 bridgehead atoms. The predicted octanol–water partition coefficient (Wildman–Crippen LogP) is 1.79. The zero-order valence-electron chi connectivity index (χ0n) is 11.2. The molecule has 1 rings (SSSR count). The van der Waals surface area contributed by atoms with Crippen LogP contribution in [0, 0.1) is 0 Å². The van der Waals surface area contributed by atoms with Gasteiger partial charge in [-0.3, -0.25) is 0 Å². The second kappa shape index (κ2) is 9.22. The molecule has 0 spiro atoms. The predicted molar refractivity (Wildman–Crippen MR) is 68.7 cm³/mol. The molecule has 5 nitrogen and oxygen atoms in total.